The van der Waals surface area contributed by atoms with Gasteiger partial charge in [-0.15, -0.1) is 0 Å². The summed E-state index contributed by atoms with van der Waals surface area (Å²) in [5.74, 6) is 0.200. The van der Waals surface area contributed by atoms with Crippen molar-refractivity contribution in [1.29, 1.82) is 0 Å². The first-order chi connectivity index (χ1) is 8.58. The minimum absolute atomic E-state index is 0.162. The summed E-state index contributed by atoms with van der Waals surface area (Å²) in [7, 11) is 1.87. The number of hydrogen-bond donors (Lipinski definition) is 0. The summed E-state index contributed by atoms with van der Waals surface area (Å²) in [6, 6.07) is 4.68. The highest BCUT2D eigenvalue weighted by atomic mass is 19.1. The average Bonchev–Trinajstić information content (AvgIpc) is 2.72. The number of nitrogens with zero attached hydrogens (tertiary/aromatic N) is 2. The molecule has 2 aromatic rings. The molecule has 0 N–H and O–H groups in total. The number of hydrogen-bond acceptors (Lipinski definition) is 2. The van der Waals surface area contributed by atoms with E-state index >= 15 is 0 Å². The molecule has 0 atom stereocenters. The third-order valence-corrected chi connectivity index (χ3v) is 2.92. The maximum absolute atomic E-state index is 13.6. The van der Waals surface area contributed by atoms with Gasteiger partial charge in [-0.05, 0) is 24.6 Å². The largest absolute Gasteiger partial charge is 0.338 e. The number of ketones is 1. The van der Waals surface area contributed by atoms with Crippen LogP contribution in [0.2, 0.25) is 0 Å². The summed E-state index contributed by atoms with van der Waals surface area (Å²) >= 11 is 0. The lowest BCUT2D eigenvalue weighted by Crippen LogP contribution is -2.06. The normalized spacial score (nSPS) is 10.6. The molecule has 18 heavy (non-hydrogen) atoms. The van der Waals surface area contributed by atoms with Crippen molar-refractivity contribution in [3.05, 3.63) is 53.4 Å². The van der Waals surface area contributed by atoms with Gasteiger partial charge in [-0.3, -0.25) is 4.79 Å². The van der Waals surface area contributed by atoms with Crippen molar-refractivity contribution in [3.8, 4) is 0 Å². The van der Waals surface area contributed by atoms with Crippen LogP contribution in [0.1, 0.15) is 28.2 Å². The molecule has 0 amide bonds. The van der Waals surface area contributed by atoms with E-state index in [0.29, 0.717) is 6.42 Å². The number of halogens is 1. The molecule has 0 aliphatic rings. The highest BCUT2D eigenvalue weighted by Gasteiger charge is 2.12. The lowest BCUT2D eigenvalue weighted by atomic mass is 10.0. The Kier molecular flexibility index (Phi) is 3.55. The summed E-state index contributed by atoms with van der Waals surface area (Å²) in [5, 5.41) is 0. The van der Waals surface area contributed by atoms with Crippen molar-refractivity contribution in [2.45, 2.75) is 19.8 Å². The highest BCUT2D eigenvalue weighted by Crippen LogP contribution is 2.13. The molecule has 2 rings (SSSR count). The lowest BCUT2D eigenvalue weighted by molar-refractivity contribution is 0.0978. The van der Waals surface area contributed by atoms with E-state index < -0.39 is 5.82 Å². The summed E-state index contributed by atoms with van der Waals surface area (Å²) in [4.78, 5) is 16.0. The minimum atomic E-state index is -0.445. The fraction of sp³-hybridized carbons (Fsp3) is 0.286. The van der Waals surface area contributed by atoms with Crippen molar-refractivity contribution in [2.75, 3.05) is 0 Å². The molecule has 0 spiro atoms. The molecular formula is C14H15FN2O. The van der Waals surface area contributed by atoms with Crippen molar-refractivity contribution in [2.24, 2.45) is 7.05 Å². The van der Waals surface area contributed by atoms with Crippen LogP contribution in [0.4, 0.5) is 4.39 Å². The molecule has 1 aromatic heterocycles. The van der Waals surface area contributed by atoms with Gasteiger partial charge < -0.3 is 4.57 Å². The molecule has 94 valence electrons. The Hall–Kier alpha value is -1.97. The van der Waals surface area contributed by atoms with Crippen molar-refractivity contribution in [3.63, 3.8) is 0 Å². The first kappa shape index (κ1) is 12.5. The third-order valence-electron chi connectivity index (χ3n) is 2.92. The van der Waals surface area contributed by atoms with E-state index in [1.165, 1.54) is 6.07 Å². The zero-order valence-electron chi connectivity index (χ0n) is 10.5. The molecule has 0 unspecified atom stereocenters. The number of carbonyl (C=O) groups is 1. The fourth-order valence-corrected chi connectivity index (χ4v) is 1.84. The fourth-order valence-electron chi connectivity index (χ4n) is 1.84. The van der Waals surface area contributed by atoms with Crippen LogP contribution in [0.5, 0.6) is 0 Å². The van der Waals surface area contributed by atoms with E-state index in [4.69, 9.17) is 0 Å². The van der Waals surface area contributed by atoms with E-state index in [1.807, 2.05) is 17.8 Å². The number of Topliss-reactive ketones (excluding diaryl/α,β-unsaturated/α-hetero) is 1. The average molecular weight is 246 g/mol. The Labute approximate surface area is 105 Å². The van der Waals surface area contributed by atoms with Crippen LogP contribution in [0.15, 0.2) is 30.6 Å². The van der Waals surface area contributed by atoms with Gasteiger partial charge in [-0.2, -0.15) is 0 Å². The Morgan fingerprint density at radius 3 is 2.83 bits per heavy atom. The van der Waals surface area contributed by atoms with Gasteiger partial charge in [0.05, 0.1) is 5.56 Å². The summed E-state index contributed by atoms with van der Waals surface area (Å²) in [5.41, 5.74) is 0.975. The number of aryl methyl sites for hydroxylation is 3. The number of aromatic nitrogens is 2. The number of carbonyl (C=O) groups excluding carboxylic acids is 1. The molecule has 3 nitrogen and oxygen atoms in total. The van der Waals surface area contributed by atoms with Gasteiger partial charge in [0.15, 0.2) is 5.78 Å². The zero-order chi connectivity index (χ0) is 13.1. The molecule has 0 radical (unpaired) electrons. The monoisotopic (exact) mass is 246 g/mol. The third kappa shape index (κ3) is 2.64. The van der Waals surface area contributed by atoms with Gasteiger partial charge in [-0.1, -0.05) is 6.07 Å². The van der Waals surface area contributed by atoms with E-state index in [2.05, 4.69) is 4.98 Å². The first-order valence-electron chi connectivity index (χ1n) is 5.83. The van der Waals surface area contributed by atoms with Crippen LogP contribution >= 0.6 is 0 Å². The summed E-state index contributed by atoms with van der Waals surface area (Å²) < 4.78 is 15.5. The molecule has 0 aliphatic heterocycles. The van der Waals surface area contributed by atoms with E-state index in [9.17, 15) is 9.18 Å². The molecule has 1 aromatic carbocycles. The Morgan fingerprint density at radius 1 is 1.44 bits per heavy atom. The summed E-state index contributed by atoms with van der Waals surface area (Å²) in [6.45, 7) is 1.80. The van der Waals surface area contributed by atoms with E-state index in [0.717, 1.165) is 11.4 Å². The molecule has 0 aliphatic carbocycles. The predicted molar refractivity (Wildman–Crippen MR) is 67.0 cm³/mol. The quantitative estimate of drug-likeness (QED) is 0.777. The van der Waals surface area contributed by atoms with Gasteiger partial charge >= 0.3 is 0 Å². The molecule has 0 saturated heterocycles. The maximum atomic E-state index is 13.6. The lowest BCUT2D eigenvalue weighted by Gasteiger charge is -2.04. The highest BCUT2D eigenvalue weighted by molar-refractivity contribution is 5.96. The van der Waals surface area contributed by atoms with E-state index in [-0.39, 0.29) is 17.8 Å². The Bertz CT molecular complexity index is 575. The topological polar surface area (TPSA) is 34.9 Å². The zero-order valence-corrected chi connectivity index (χ0v) is 10.5. The smallest absolute Gasteiger partial charge is 0.166 e. The van der Waals surface area contributed by atoms with Gasteiger partial charge in [0.2, 0.25) is 0 Å². The van der Waals surface area contributed by atoms with Crippen LogP contribution in [0.3, 0.4) is 0 Å². The van der Waals surface area contributed by atoms with Crippen LogP contribution < -0.4 is 0 Å². The van der Waals surface area contributed by atoms with Gasteiger partial charge in [-0.25, -0.2) is 9.37 Å². The second-order valence-corrected chi connectivity index (χ2v) is 4.36. The minimum Gasteiger partial charge on any atom is -0.338 e. The van der Waals surface area contributed by atoms with Crippen LogP contribution in [0.25, 0.3) is 0 Å². The molecule has 0 fully saturated rings. The molecule has 4 heteroatoms. The Balaban J connectivity index is 2.06. The maximum Gasteiger partial charge on any atom is 0.166 e. The summed E-state index contributed by atoms with van der Waals surface area (Å²) in [6.07, 6.45) is 4.30. The van der Waals surface area contributed by atoms with Crippen molar-refractivity contribution in [1.82, 2.24) is 9.55 Å². The second-order valence-electron chi connectivity index (χ2n) is 4.36. The van der Waals surface area contributed by atoms with Gasteiger partial charge in [0, 0.05) is 32.3 Å². The van der Waals surface area contributed by atoms with E-state index in [1.54, 1.807) is 25.3 Å². The Morgan fingerprint density at radius 2 is 2.22 bits per heavy atom. The second kappa shape index (κ2) is 5.12. The van der Waals surface area contributed by atoms with Crippen LogP contribution in [0, 0.1) is 12.7 Å². The van der Waals surface area contributed by atoms with Gasteiger partial charge in [0.25, 0.3) is 0 Å². The van der Waals surface area contributed by atoms with Crippen LogP contribution in [-0.4, -0.2) is 15.3 Å². The first-order valence-corrected chi connectivity index (χ1v) is 5.83. The molecule has 1 heterocycles. The SMILES string of the molecule is Cc1ccc(C(=O)CCc2nccn2C)c(F)c1. The van der Waals surface area contributed by atoms with Crippen LogP contribution in [-0.2, 0) is 13.5 Å². The number of rotatable bonds is 4. The molecule has 0 bridgehead atoms. The number of benzene rings is 1. The predicted octanol–water partition coefficient (Wildman–Crippen LogP) is 2.68. The molecular weight excluding hydrogens is 231 g/mol. The number of imidazole rings is 1. The molecule has 0 saturated carbocycles. The van der Waals surface area contributed by atoms with Crippen molar-refractivity contribution < 1.29 is 9.18 Å². The standard InChI is InChI=1S/C14H15FN2O/c1-10-3-4-11(12(15)9-10)13(18)5-6-14-16-7-8-17(14)2/h3-4,7-9H,5-6H2,1-2H3. The van der Waals surface area contributed by atoms with Crippen molar-refractivity contribution >= 4 is 5.78 Å². The van der Waals surface area contributed by atoms with Gasteiger partial charge in [0.1, 0.15) is 11.6 Å².